The Hall–Kier alpha value is -2.09. The topological polar surface area (TPSA) is 90.5 Å². The van der Waals surface area contributed by atoms with Gasteiger partial charge >= 0.3 is 12.1 Å². The molecule has 1 atom stereocenters. The second-order valence-electron chi connectivity index (χ2n) is 4.92. The number of carbonyl (C=O) groups excluding carboxylic acids is 3. The summed E-state index contributed by atoms with van der Waals surface area (Å²) in [5, 5.41) is 5.75. The van der Waals surface area contributed by atoms with Crippen molar-refractivity contribution in [3.8, 4) is 0 Å². The monoisotopic (exact) mass is 354 g/mol. The molecule has 1 heterocycles. The maximum atomic E-state index is 12.0. The van der Waals surface area contributed by atoms with Gasteiger partial charge in [0.1, 0.15) is 6.04 Å². The van der Waals surface area contributed by atoms with Gasteiger partial charge in [-0.25, -0.2) is 15.0 Å². The highest BCUT2D eigenvalue weighted by atomic mass is 79.9. The van der Waals surface area contributed by atoms with Crippen LogP contribution in [0, 0.1) is 5.92 Å². The van der Waals surface area contributed by atoms with Crippen molar-refractivity contribution in [1.82, 2.24) is 15.8 Å². The number of rotatable bonds is 3. The zero-order valence-corrected chi connectivity index (χ0v) is 13.1. The zero-order valence-electron chi connectivity index (χ0n) is 11.5. The summed E-state index contributed by atoms with van der Waals surface area (Å²) in [5.41, 5.74) is 2.78. The predicted octanol–water partition coefficient (Wildman–Crippen LogP) is 2.06. The lowest BCUT2D eigenvalue weighted by Gasteiger charge is -2.15. The second kappa shape index (κ2) is 6.13. The number of amides is 5. The van der Waals surface area contributed by atoms with Crippen LogP contribution in [-0.4, -0.2) is 29.0 Å². The van der Waals surface area contributed by atoms with Crippen LogP contribution >= 0.6 is 15.9 Å². The fraction of sp³-hybridized carbons (Fsp3) is 0.308. The molecule has 0 aliphatic carbocycles. The molecule has 1 aromatic carbocycles. The number of imide groups is 1. The number of anilines is 1. The van der Waals surface area contributed by atoms with E-state index in [9.17, 15) is 14.4 Å². The van der Waals surface area contributed by atoms with E-state index < -0.39 is 24.0 Å². The molecule has 1 fully saturated rings. The van der Waals surface area contributed by atoms with Crippen LogP contribution in [0.3, 0.4) is 0 Å². The van der Waals surface area contributed by atoms with Gasteiger partial charge in [-0.3, -0.25) is 4.79 Å². The van der Waals surface area contributed by atoms with Gasteiger partial charge in [0.15, 0.2) is 0 Å². The third-order valence-corrected chi connectivity index (χ3v) is 3.48. The maximum Gasteiger partial charge on any atom is 0.344 e. The average molecular weight is 355 g/mol. The Kier molecular flexibility index (Phi) is 4.46. The molecule has 0 bridgehead atoms. The van der Waals surface area contributed by atoms with Crippen LogP contribution in [0.2, 0.25) is 0 Å². The van der Waals surface area contributed by atoms with E-state index in [2.05, 4.69) is 32.0 Å². The third kappa shape index (κ3) is 3.52. The summed E-state index contributed by atoms with van der Waals surface area (Å²) >= 11 is 3.28. The Bertz CT molecular complexity index is 573. The van der Waals surface area contributed by atoms with E-state index in [0.717, 1.165) is 4.47 Å². The molecule has 8 heteroatoms. The van der Waals surface area contributed by atoms with Crippen molar-refractivity contribution in [3.05, 3.63) is 28.7 Å². The normalized spacial score (nSPS) is 17.9. The molecule has 3 N–H and O–H groups in total. The lowest BCUT2D eigenvalue weighted by Crippen LogP contribution is -2.48. The number of halogens is 1. The summed E-state index contributed by atoms with van der Waals surface area (Å²) in [5.74, 6) is -0.524. The Balaban J connectivity index is 1.98. The van der Waals surface area contributed by atoms with E-state index in [1.54, 1.807) is 24.3 Å². The highest BCUT2D eigenvalue weighted by Gasteiger charge is 2.40. The first kappa shape index (κ1) is 15.3. The maximum absolute atomic E-state index is 12.0. The Morgan fingerprint density at radius 3 is 2.43 bits per heavy atom. The fourth-order valence-electron chi connectivity index (χ4n) is 1.85. The number of nitrogens with one attached hydrogen (secondary N) is 3. The van der Waals surface area contributed by atoms with Crippen LogP contribution in [0.25, 0.3) is 0 Å². The quantitative estimate of drug-likeness (QED) is 0.725. The van der Waals surface area contributed by atoms with Gasteiger partial charge in [0.2, 0.25) is 0 Å². The van der Waals surface area contributed by atoms with Crippen LogP contribution in [0.15, 0.2) is 28.7 Å². The van der Waals surface area contributed by atoms with E-state index >= 15 is 0 Å². The van der Waals surface area contributed by atoms with Crippen molar-refractivity contribution in [1.29, 1.82) is 0 Å². The highest BCUT2D eigenvalue weighted by Crippen LogP contribution is 2.15. The second-order valence-corrected chi connectivity index (χ2v) is 5.83. The molecule has 1 aromatic rings. The van der Waals surface area contributed by atoms with Gasteiger partial charge in [0.05, 0.1) is 0 Å². The fourth-order valence-corrected chi connectivity index (χ4v) is 2.11. The van der Waals surface area contributed by atoms with Crippen molar-refractivity contribution < 1.29 is 14.4 Å². The van der Waals surface area contributed by atoms with Crippen LogP contribution in [0.5, 0.6) is 0 Å². The van der Waals surface area contributed by atoms with Gasteiger partial charge in [0.25, 0.3) is 5.91 Å². The number of carbonyl (C=O) groups is 3. The molecule has 0 saturated carbocycles. The molecule has 1 aliphatic rings. The largest absolute Gasteiger partial charge is 0.344 e. The van der Waals surface area contributed by atoms with Gasteiger partial charge in [-0.15, -0.1) is 0 Å². The van der Waals surface area contributed by atoms with E-state index in [-0.39, 0.29) is 5.92 Å². The van der Waals surface area contributed by atoms with Crippen molar-refractivity contribution in [2.24, 2.45) is 5.92 Å². The molecule has 21 heavy (non-hydrogen) atoms. The summed E-state index contributed by atoms with van der Waals surface area (Å²) in [4.78, 5) is 35.5. The van der Waals surface area contributed by atoms with E-state index in [1.807, 2.05) is 13.8 Å². The molecule has 1 aliphatic heterocycles. The number of hydrazine groups is 1. The lowest BCUT2D eigenvalue weighted by atomic mass is 10.1. The first-order valence-corrected chi connectivity index (χ1v) is 7.15. The van der Waals surface area contributed by atoms with E-state index in [1.165, 1.54) is 0 Å². The smallest absolute Gasteiger partial charge is 0.324 e. The molecule has 1 saturated heterocycles. The van der Waals surface area contributed by atoms with Crippen molar-refractivity contribution in [3.63, 3.8) is 0 Å². The number of hydrogen-bond acceptors (Lipinski definition) is 3. The van der Waals surface area contributed by atoms with Crippen molar-refractivity contribution in [2.75, 3.05) is 5.32 Å². The molecule has 0 spiro atoms. The minimum Gasteiger partial charge on any atom is -0.324 e. The molecule has 112 valence electrons. The van der Waals surface area contributed by atoms with E-state index in [0.29, 0.717) is 10.7 Å². The molecule has 0 aromatic heterocycles. The molecular formula is C13H15BrN4O3. The first-order valence-electron chi connectivity index (χ1n) is 6.36. The van der Waals surface area contributed by atoms with Gasteiger partial charge in [-0.2, -0.15) is 5.01 Å². The first-order chi connectivity index (χ1) is 9.88. The summed E-state index contributed by atoms with van der Waals surface area (Å²) in [6.45, 7) is 3.63. The van der Waals surface area contributed by atoms with Crippen LogP contribution in [0.1, 0.15) is 13.8 Å². The van der Waals surface area contributed by atoms with E-state index in [4.69, 9.17) is 0 Å². The van der Waals surface area contributed by atoms with Gasteiger partial charge < -0.3 is 10.6 Å². The molecule has 7 nitrogen and oxygen atoms in total. The summed E-state index contributed by atoms with van der Waals surface area (Å²) in [6, 6.07) is 4.98. The van der Waals surface area contributed by atoms with Gasteiger partial charge in [-0.1, -0.05) is 29.8 Å². The van der Waals surface area contributed by atoms with Gasteiger partial charge in [0, 0.05) is 10.2 Å². The van der Waals surface area contributed by atoms with Crippen molar-refractivity contribution in [2.45, 2.75) is 19.9 Å². The number of nitrogens with zero attached hydrogens (tertiary/aromatic N) is 1. The third-order valence-electron chi connectivity index (χ3n) is 2.95. The SMILES string of the molecule is CC(C)C1NC(=O)N(NC(=O)Nc2ccc(Br)cc2)C1=O. The minimum atomic E-state index is -0.662. The molecule has 0 radical (unpaired) electrons. The van der Waals surface area contributed by atoms with Crippen LogP contribution in [0.4, 0.5) is 15.3 Å². The summed E-state index contributed by atoms with van der Waals surface area (Å²) < 4.78 is 0.877. The van der Waals surface area contributed by atoms with Crippen molar-refractivity contribution >= 4 is 39.6 Å². The molecule has 5 amide bonds. The highest BCUT2D eigenvalue weighted by molar-refractivity contribution is 9.10. The van der Waals surface area contributed by atoms with Crippen LogP contribution < -0.4 is 16.1 Å². The molecular weight excluding hydrogens is 340 g/mol. The summed E-state index contributed by atoms with van der Waals surface area (Å²) in [6.07, 6.45) is 0. The molecule has 1 unspecified atom stereocenters. The lowest BCUT2D eigenvalue weighted by molar-refractivity contribution is -0.129. The Morgan fingerprint density at radius 2 is 1.90 bits per heavy atom. The summed E-state index contributed by atoms with van der Waals surface area (Å²) in [7, 11) is 0. The number of benzene rings is 1. The van der Waals surface area contributed by atoms with Crippen LogP contribution in [-0.2, 0) is 4.79 Å². The predicted molar refractivity (Wildman–Crippen MR) is 80.3 cm³/mol. The standard InChI is InChI=1S/C13H15BrN4O3/c1-7(2)10-11(19)18(13(21)16-10)17-12(20)15-9-5-3-8(14)4-6-9/h3-7,10H,1-2H3,(H,16,21)(H2,15,17,20). The average Bonchev–Trinajstić information content (AvgIpc) is 2.69. The Labute approximate surface area is 130 Å². The zero-order chi connectivity index (χ0) is 15.6. The number of hydrogen-bond donors (Lipinski definition) is 3. The van der Waals surface area contributed by atoms with Gasteiger partial charge in [-0.05, 0) is 30.2 Å². The number of urea groups is 2. The Morgan fingerprint density at radius 1 is 1.29 bits per heavy atom. The minimum absolute atomic E-state index is 0.0530. The molecule has 2 rings (SSSR count).